The Labute approximate surface area is 269 Å². The van der Waals surface area contributed by atoms with Crippen LogP contribution in [0.15, 0.2) is 48.6 Å². The van der Waals surface area contributed by atoms with E-state index in [9.17, 15) is 14.4 Å². The molecule has 2 bridgehead atoms. The Kier molecular flexibility index (Phi) is 8.61. The number of fused-ring (bicyclic) bond motifs is 1. The number of nitrogens with zero attached hydrogens (tertiary/aromatic N) is 1. The van der Waals surface area contributed by atoms with Gasteiger partial charge < -0.3 is 29.7 Å². The van der Waals surface area contributed by atoms with Crippen molar-refractivity contribution in [1.29, 1.82) is 0 Å². The van der Waals surface area contributed by atoms with Gasteiger partial charge in [-0.15, -0.1) is 0 Å². The monoisotopic (exact) mass is 635 g/mol. The van der Waals surface area contributed by atoms with Gasteiger partial charge in [-0.1, -0.05) is 62.6 Å². The van der Waals surface area contributed by atoms with Crippen LogP contribution in [0, 0.1) is 30.6 Å². The Balaban J connectivity index is 1.30. The Morgan fingerprint density at radius 3 is 2.58 bits per heavy atom. The fourth-order valence-corrected chi connectivity index (χ4v) is 7.92. The molecule has 2 saturated heterocycles. The zero-order chi connectivity index (χ0) is 32.0. The van der Waals surface area contributed by atoms with Crippen molar-refractivity contribution in [1.82, 2.24) is 10.2 Å². The first-order chi connectivity index (χ1) is 21.6. The van der Waals surface area contributed by atoms with Crippen molar-refractivity contribution >= 4 is 35.0 Å². The van der Waals surface area contributed by atoms with Gasteiger partial charge in [0.05, 0.1) is 32.2 Å². The second-order valence-electron chi connectivity index (χ2n) is 13.0. The quantitative estimate of drug-likeness (QED) is 0.378. The number of hydrogen-bond donors (Lipinski definition) is 2. The number of likely N-dealkylation sites (tertiary alicyclic amines) is 1. The summed E-state index contributed by atoms with van der Waals surface area (Å²) in [6.07, 6.45) is 6.61. The molecular weight excluding hydrogens is 594 g/mol. The number of amides is 3. The summed E-state index contributed by atoms with van der Waals surface area (Å²) in [5.74, 6) is -0.455. The van der Waals surface area contributed by atoms with Crippen LogP contribution in [0.2, 0.25) is 5.02 Å². The molecule has 3 aliphatic heterocycles. The molecule has 8 atom stereocenters. The van der Waals surface area contributed by atoms with Crippen molar-refractivity contribution in [2.24, 2.45) is 23.7 Å². The van der Waals surface area contributed by atoms with Gasteiger partial charge in [-0.25, -0.2) is 0 Å². The second kappa shape index (κ2) is 12.3. The molecule has 45 heavy (non-hydrogen) atoms. The van der Waals surface area contributed by atoms with Crippen molar-refractivity contribution in [3.8, 4) is 11.5 Å². The van der Waals surface area contributed by atoms with E-state index >= 15 is 0 Å². The molecule has 6 rings (SSSR count). The van der Waals surface area contributed by atoms with Crippen LogP contribution < -0.4 is 20.1 Å². The molecule has 3 fully saturated rings. The van der Waals surface area contributed by atoms with Crippen LogP contribution in [0.5, 0.6) is 11.5 Å². The second-order valence-corrected chi connectivity index (χ2v) is 13.4. The molecule has 240 valence electrons. The van der Waals surface area contributed by atoms with Crippen molar-refractivity contribution in [2.75, 3.05) is 26.1 Å². The van der Waals surface area contributed by atoms with Gasteiger partial charge in [-0.2, -0.15) is 0 Å². The maximum absolute atomic E-state index is 14.4. The lowest BCUT2D eigenvalue weighted by Crippen LogP contribution is -2.58. The van der Waals surface area contributed by atoms with Crippen molar-refractivity contribution in [3.63, 3.8) is 0 Å². The first kappa shape index (κ1) is 31.4. The third kappa shape index (κ3) is 5.48. The summed E-state index contributed by atoms with van der Waals surface area (Å²) in [6.45, 7) is 6.56. The smallest absolute Gasteiger partial charge is 0.246 e. The number of rotatable bonds is 9. The summed E-state index contributed by atoms with van der Waals surface area (Å²) in [4.78, 5) is 44.1. The molecule has 1 saturated carbocycles. The molecule has 0 unspecified atom stereocenters. The Morgan fingerprint density at radius 2 is 1.84 bits per heavy atom. The van der Waals surface area contributed by atoms with E-state index in [1.165, 1.54) is 0 Å². The molecule has 4 aliphatic rings. The molecule has 1 spiro atoms. The van der Waals surface area contributed by atoms with Gasteiger partial charge >= 0.3 is 0 Å². The molecule has 9 nitrogen and oxygen atoms in total. The fraction of sp³-hybridized carbons (Fsp3) is 0.514. The molecule has 2 aromatic carbocycles. The Hall–Kier alpha value is -3.56. The predicted molar refractivity (Wildman–Crippen MR) is 171 cm³/mol. The van der Waals surface area contributed by atoms with E-state index in [2.05, 4.69) is 24.5 Å². The Bertz CT molecular complexity index is 1530. The van der Waals surface area contributed by atoms with E-state index in [4.69, 9.17) is 25.8 Å². The summed E-state index contributed by atoms with van der Waals surface area (Å²) >= 11 is 6.32. The zero-order valence-corrected chi connectivity index (χ0v) is 27.2. The largest absolute Gasteiger partial charge is 0.493 e. The summed E-state index contributed by atoms with van der Waals surface area (Å²) in [6, 6.07) is 10.0. The number of anilines is 1. The number of ether oxygens (including phenoxy) is 3. The molecule has 1 aliphatic carbocycles. The van der Waals surface area contributed by atoms with Crippen molar-refractivity contribution in [3.05, 3.63) is 64.7 Å². The summed E-state index contributed by atoms with van der Waals surface area (Å²) in [5, 5.41) is 6.80. The van der Waals surface area contributed by atoms with Crippen molar-refractivity contribution in [2.45, 2.75) is 70.2 Å². The number of methoxy groups -OCH3 is 2. The number of nitrogens with one attached hydrogen (secondary N) is 2. The van der Waals surface area contributed by atoms with Gasteiger partial charge in [0, 0.05) is 23.3 Å². The summed E-state index contributed by atoms with van der Waals surface area (Å²) < 4.78 is 17.4. The van der Waals surface area contributed by atoms with Crippen LogP contribution in [-0.2, 0) is 25.5 Å². The molecule has 0 radical (unpaired) electrons. The third-order valence-electron chi connectivity index (χ3n) is 10.5. The predicted octanol–water partition coefficient (Wildman–Crippen LogP) is 4.94. The minimum Gasteiger partial charge on any atom is -0.493 e. The lowest BCUT2D eigenvalue weighted by molar-refractivity contribution is -0.141. The minimum atomic E-state index is -1.24. The van der Waals surface area contributed by atoms with Gasteiger partial charge in [0.2, 0.25) is 17.7 Å². The zero-order valence-electron chi connectivity index (χ0n) is 26.5. The van der Waals surface area contributed by atoms with Gasteiger partial charge in [0.15, 0.2) is 11.5 Å². The number of benzene rings is 2. The van der Waals surface area contributed by atoms with Crippen LogP contribution in [0.3, 0.4) is 0 Å². The molecule has 10 heteroatoms. The van der Waals surface area contributed by atoms with Crippen LogP contribution in [0.1, 0.15) is 44.2 Å². The standard InChI is InChI=1S/C35H42ClN3O6/c1-19-7-6-8-25(21(19)3)38-33(41)31-35-15-13-27(45-35)29(32(40)37-23-11-9-20(2)24(36)18-23)30(35)34(42)39(31)16-14-22-10-12-26(43-4)28(17-22)44-5/h9-13,15,17-19,21,25,27,29-31H,6-8,14,16H2,1-5H3,(H,37,40)(H,38,41)/t19-,21+,25-,27-,29-,30-,31+,35+/m1/s1. The maximum atomic E-state index is 14.4. The highest BCUT2D eigenvalue weighted by molar-refractivity contribution is 6.31. The highest BCUT2D eigenvalue weighted by atomic mass is 35.5. The highest BCUT2D eigenvalue weighted by Gasteiger charge is 2.72. The van der Waals surface area contributed by atoms with E-state index in [-0.39, 0.29) is 30.3 Å². The number of carbonyl (C=O) groups is 3. The molecule has 2 N–H and O–H groups in total. The third-order valence-corrected chi connectivity index (χ3v) is 10.9. The van der Waals surface area contributed by atoms with E-state index in [0.717, 1.165) is 30.4 Å². The van der Waals surface area contributed by atoms with Crippen LogP contribution in [0.25, 0.3) is 0 Å². The molecule has 0 aromatic heterocycles. The number of aryl methyl sites for hydroxylation is 1. The normalized spacial score (nSPS) is 31.6. The first-order valence-electron chi connectivity index (χ1n) is 15.8. The van der Waals surface area contributed by atoms with Crippen LogP contribution >= 0.6 is 11.6 Å². The van der Waals surface area contributed by atoms with Crippen molar-refractivity contribution < 1.29 is 28.6 Å². The topological polar surface area (TPSA) is 106 Å². The average Bonchev–Trinajstić information content (AvgIpc) is 3.67. The van der Waals surface area contributed by atoms with E-state index < -0.39 is 29.6 Å². The average molecular weight is 636 g/mol. The molecular formula is C35H42ClN3O6. The molecule has 3 heterocycles. The summed E-state index contributed by atoms with van der Waals surface area (Å²) in [5.41, 5.74) is 1.13. The number of halogens is 1. The molecule has 3 amide bonds. The minimum absolute atomic E-state index is 0.00691. The molecule has 2 aromatic rings. The SMILES string of the molecule is COc1ccc(CCN2C(=O)[C@H]3[C@H](C(=O)Nc4ccc(C)c(Cl)c4)[C@H]4C=C[C@@]3(O4)[C@@H]2C(=O)N[C@@H]2CCC[C@@H](C)[C@@H]2C)cc1OC. The highest BCUT2D eigenvalue weighted by Crippen LogP contribution is 2.55. The van der Waals surface area contributed by atoms with Gasteiger partial charge in [0.1, 0.15) is 11.6 Å². The Morgan fingerprint density at radius 1 is 1.07 bits per heavy atom. The van der Waals surface area contributed by atoms with Crippen LogP contribution in [0.4, 0.5) is 5.69 Å². The van der Waals surface area contributed by atoms with Gasteiger partial charge in [0.25, 0.3) is 0 Å². The van der Waals surface area contributed by atoms with E-state index in [1.807, 2.05) is 43.3 Å². The van der Waals surface area contributed by atoms with Gasteiger partial charge in [-0.3, -0.25) is 14.4 Å². The maximum Gasteiger partial charge on any atom is 0.246 e. The number of hydrogen-bond acceptors (Lipinski definition) is 6. The first-order valence-corrected chi connectivity index (χ1v) is 16.2. The van der Waals surface area contributed by atoms with E-state index in [1.54, 1.807) is 31.3 Å². The van der Waals surface area contributed by atoms with Gasteiger partial charge in [-0.05, 0) is 67.0 Å². The van der Waals surface area contributed by atoms with Crippen LogP contribution in [-0.4, -0.2) is 67.2 Å². The summed E-state index contributed by atoms with van der Waals surface area (Å²) in [7, 11) is 3.16. The lowest BCUT2D eigenvalue weighted by atomic mass is 9.73. The fourth-order valence-electron chi connectivity index (χ4n) is 7.74. The number of carbonyl (C=O) groups excluding carboxylic acids is 3. The lowest BCUT2D eigenvalue weighted by Gasteiger charge is -2.38. The van der Waals surface area contributed by atoms with E-state index in [0.29, 0.717) is 40.5 Å².